The summed E-state index contributed by atoms with van der Waals surface area (Å²) in [7, 11) is 0. The van der Waals surface area contributed by atoms with Gasteiger partial charge in [-0.15, -0.1) is 0 Å². The number of carbonyl (C=O) groups excluding carboxylic acids is 3. The van der Waals surface area contributed by atoms with Crippen LogP contribution in [0.2, 0.25) is 0 Å². The summed E-state index contributed by atoms with van der Waals surface area (Å²) in [5.74, 6) is -0.159. The molecule has 1 atom stereocenters. The number of nitrogens with one attached hydrogen (secondary N) is 1. The van der Waals surface area contributed by atoms with Crippen molar-refractivity contribution in [2.75, 3.05) is 37.6 Å². The third kappa shape index (κ3) is 4.17. The molecule has 11 heteroatoms. The fourth-order valence-electron chi connectivity index (χ4n) is 4.17. The molecule has 0 aromatic carbocycles. The maximum atomic E-state index is 12.8. The third-order valence-electron chi connectivity index (χ3n) is 6.24. The Morgan fingerprint density at radius 3 is 2.55 bits per heavy atom. The van der Waals surface area contributed by atoms with Gasteiger partial charge in [-0.3, -0.25) is 14.5 Å². The smallest absolute Gasteiger partial charge is 0.355 e. The van der Waals surface area contributed by atoms with Crippen LogP contribution in [-0.4, -0.2) is 70.9 Å². The number of halogens is 3. The second-order valence-electron chi connectivity index (χ2n) is 8.42. The van der Waals surface area contributed by atoms with Crippen LogP contribution in [0.4, 0.5) is 23.8 Å². The molecule has 31 heavy (non-hydrogen) atoms. The highest BCUT2D eigenvalue weighted by Crippen LogP contribution is 2.42. The van der Waals surface area contributed by atoms with Crippen molar-refractivity contribution in [2.45, 2.75) is 37.9 Å². The zero-order chi connectivity index (χ0) is 22.4. The monoisotopic (exact) mass is 439 g/mol. The fraction of sp³-hybridized carbons (Fsp3) is 0.600. The maximum Gasteiger partial charge on any atom is 0.417 e. The van der Waals surface area contributed by atoms with Gasteiger partial charge in [-0.25, -0.2) is 9.78 Å². The molecule has 0 unspecified atom stereocenters. The van der Waals surface area contributed by atoms with Gasteiger partial charge >= 0.3 is 12.2 Å². The van der Waals surface area contributed by atoms with Crippen molar-refractivity contribution < 1.29 is 27.6 Å². The summed E-state index contributed by atoms with van der Waals surface area (Å²) in [6, 6.07) is 1.77. The van der Waals surface area contributed by atoms with Crippen LogP contribution in [-0.2, 0) is 15.8 Å². The zero-order valence-electron chi connectivity index (χ0n) is 17.1. The Bertz CT molecular complexity index is 887. The molecule has 1 aliphatic carbocycles. The van der Waals surface area contributed by atoms with Gasteiger partial charge in [0, 0.05) is 32.4 Å². The molecule has 168 valence electrons. The number of anilines is 1. The average molecular weight is 439 g/mol. The minimum absolute atomic E-state index is 0.118. The van der Waals surface area contributed by atoms with Crippen LogP contribution in [0, 0.1) is 5.92 Å². The summed E-state index contributed by atoms with van der Waals surface area (Å²) in [5.41, 5.74) is -1.74. The molecule has 3 aliphatic rings. The number of pyridine rings is 1. The predicted octanol–water partition coefficient (Wildman–Crippen LogP) is 1.86. The Morgan fingerprint density at radius 2 is 1.94 bits per heavy atom. The highest BCUT2D eigenvalue weighted by atomic mass is 19.4. The second kappa shape index (κ2) is 7.69. The maximum absolute atomic E-state index is 12.8. The van der Waals surface area contributed by atoms with E-state index in [1.165, 1.54) is 6.07 Å². The molecule has 0 spiro atoms. The zero-order valence-corrected chi connectivity index (χ0v) is 17.1. The van der Waals surface area contributed by atoms with Crippen molar-refractivity contribution in [3.63, 3.8) is 0 Å². The standard InChI is InChI=1S/C20H24F3N5O3/c1-19(13-3-4-13)17(30)28(18(31)25-19)12-16(29)27-8-2-7-26(9-10-27)15-6-5-14(11-24-15)20(21,22)23/h5-6,11,13H,2-4,7-10,12H2,1H3,(H,25,31)/t19-/m0/s1. The van der Waals surface area contributed by atoms with E-state index < -0.39 is 23.3 Å². The van der Waals surface area contributed by atoms with Crippen molar-refractivity contribution >= 4 is 23.7 Å². The molecule has 0 bridgehead atoms. The van der Waals surface area contributed by atoms with Crippen LogP contribution < -0.4 is 10.2 Å². The lowest BCUT2D eigenvalue weighted by Gasteiger charge is -2.25. The van der Waals surface area contributed by atoms with Crippen LogP contribution in [0.15, 0.2) is 18.3 Å². The quantitative estimate of drug-likeness (QED) is 0.724. The number of imide groups is 1. The Morgan fingerprint density at radius 1 is 1.19 bits per heavy atom. The number of urea groups is 1. The van der Waals surface area contributed by atoms with Crippen LogP contribution in [0.1, 0.15) is 31.7 Å². The molecule has 1 saturated carbocycles. The summed E-state index contributed by atoms with van der Waals surface area (Å²) in [4.78, 5) is 46.1. The van der Waals surface area contributed by atoms with E-state index in [2.05, 4.69) is 10.3 Å². The SMILES string of the molecule is C[C@@]1(C2CC2)NC(=O)N(CC(=O)N2CCCN(c3ccc(C(F)(F)F)cn3)CC2)C1=O. The van der Waals surface area contributed by atoms with Gasteiger partial charge in [-0.05, 0) is 44.2 Å². The van der Waals surface area contributed by atoms with Gasteiger partial charge in [0.1, 0.15) is 17.9 Å². The van der Waals surface area contributed by atoms with E-state index in [0.29, 0.717) is 38.4 Å². The van der Waals surface area contributed by atoms with Gasteiger partial charge in [0.25, 0.3) is 5.91 Å². The van der Waals surface area contributed by atoms with E-state index in [1.54, 1.807) is 11.8 Å². The number of amides is 4. The minimum Gasteiger partial charge on any atom is -0.355 e. The first-order valence-corrected chi connectivity index (χ1v) is 10.3. The number of rotatable bonds is 4. The largest absolute Gasteiger partial charge is 0.417 e. The summed E-state index contributed by atoms with van der Waals surface area (Å²) in [6.45, 7) is 3.07. The molecule has 4 amide bonds. The predicted molar refractivity (Wildman–Crippen MR) is 104 cm³/mol. The Balaban J connectivity index is 1.36. The van der Waals surface area contributed by atoms with E-state index in [9.17, 15) is 27.6 Å². The van der Waals surface area contributed by atoms with E-state index in [0.717, 1.165) is 30.0 Å². The van der Waals surface area contributed by atoms with Crippen LogP contribution in [0.5, 0.6) is 0 Å². The average Bonchev–Trinajstić information content (AvgIpc) is 3.55. The molecular formula is C20H24F3N5O3. The molecule has 0 radical (unpaired) electrons. The lowest BCUT2D eigenvalue weighted by atomic mass is 9.96. The number of hydrogen-bond donors (Lipinski definition) is 1. The number of aromatic nitrogens is 1. The summed E-state index contributed by atoms with van der Waals surface area (Å²) >= 11 is 0. The van der Waals surface area contributed by atoms with Gasteiger partial charge in [0.05, 0.1) is 5.56 Å². The molecule has 1 aromatic heterocycles. The van der Waals surface area contributed by atoms with Gasteiger partial charge in [0.15, 0.2) is 0 Å². The summed E-state index contributed by atoms with van der Waals surface area (Å²) in [6.07, 6.45) is -1.29. The second-order valence-corrected chi connectivity index (χ2v) is 8.42. The molecule has 4 rings (SSSR count). The van der Waals surface area contributed by atoms with E-state index in [1.807, 2.05) is 4.90 Å². The molecule has 3 heterocycles. The lowest BCUT2D eigenvalue weighted by molar-refractivity contribution is -0.139. The number of nitrogens with zero attached hydrogens (tertiary/aromatic N) is 4. The first kappa shape index (κ1) is 21.4. The number of alkyl halides is 3. The van der Waals surface area contributed by atoms with Gasteiger partial charge < -0.3 is 15.1 Å². The molecule has 1 N–H and O–H groups in total. The molecule has 2 aliphatic heterocycles. The molecule has 8 nitrogen and oxygen atoms in total. The molecule has 1 aromatic rings. The van der Waals surface area contributed by atoms with Crippen LogP contribution in [0.3, 0.4) is 0 Å². The van der Waals surface area contributed by atoms with Gasteiger partial charge in [-0.2, -0.15) is 13.2 Å². The highest BCUT2D eigenvalue weighted by molar-refractivity contribution is 6.09. The normalized spacial score (nSPS) is 25.0. The third-order valence-corrected chi connectivity index (χ3v) is 6.24. The molecular weight excluding hydrogens is 415 g/mol. The van der Waals surface area contributed by atoms with Crippen molar-refractivity contribution in [2.24, 2.45) is 5.92 Å². The Hall–Kier alpha value is -2.85. The first-order valence-electron chi connectivity index (χ1n) is 10.3. The van der Waals surface area contributed by atoms with Crippen molar-refractivity contribution in [1.82, 2.24) is 20.1 Å². The number of hydrogen-bond acceptors (Lipinski definition) is 5. The lowest BCUT2D eigenvalue weighted by Crippen LogP contribution is -2.47. The van der Waals surface area contributed by atoms with Crippen molar-refractivity contribution in [3.8, 4) is 0 Å². The summed E-state index contributed by atoms with van der Waals surface area (Å²) in [5, 5.41) is 2.73. The van der Waals surface area contributed by atoms with E-state index in [-0.39, 0.29) is 24.3 Å². The van der Waals surface area contributed by atoms with E-state index >= 15 is 0 Å². The minimum atomic E-state index is -4.44. The van der Waals surface area contributed by atoms with E-state index in [4.69, 9.17) is 0 Å². The van der Waals surface area contributed by atoms with Crippen molar-refractivity contribution in [3.05, 3.63) is 23.9 Å². The van der Waals surface area contributed by atoms with Gasteiger partial charge in [0.2, 0.25) is 5.91 Å². The van der Waals surface area contributed by atoms with Crippen LogP contribution >= 0.6 is 0 Å². The molecule has 2 saturated heterocycles. The first-order chi connectivity index (χ1) is 14.6. The Kier molecular flexibility index (Phi) is 5.30. The van der Waals surface area contributed by atoms with Crippen LogP contribution in [0.25, 0.3) is 0 Å². The Labute approximate surface area is 177 Å². The highest BCUT2D eigenvalue weighted by Gasteiger charge is 2.56. The number of carbonyl (C=O) groups is 3. The van der Waals surface area contributed by atoms with Gasteiger partial charge in [-0.1, -0.05) is 0 Å². The molecule has 3 fully saturated rings. The summed E-state index contributed by atoms with van der Waals surface area (Å²) < 4.78 is 38.2. The topological polar surface area (TPSA) is 85.8 Å². The van der Waals surface area contributed by atoms with Crippen molar-refractivity contribution in [1.29, 1.82) is 0 Å². The fourth-order valence-corrected chi connectivity index (χ4v) is 4.17.